The Morgan fingerprint density at radius 3 is 2.29 bits per heavy atom. The van der Waals surface area contributed by atoms with Crippen molar-refractivity contribution in [3.8, 4) is 5.75 Å². The Morgan fingerprint density at radius 1 is 0.968 bits per heavy atom. The first-order valence-electron chi connectivity index (χ1n) is 10.3. The number of methoxy groups -OCH3 is 1. The maximum absolute atomic E-state index is 13.0. The van der Waals surface area contributed by atoms with E-state index >= 15 is 0 Å². The first kappa shape index (κ1) is 21.4. The van der Waals surface area contributed by atoms with E-state index < -0.39 is 5.92 Å². The summed E-state index contributed by atoms with van der Waals surface area (Å²) in [6, 6.07) is 14.5. The van der Waals surface area contributed by atoms with E-state index in [4.69, 9.17) is 4.74 Å². The van der Waals surface area contributed by atoms with E-state index in [0.717, 1.165) is 10.2 Å². The van der Waals surface area contributed by atoms with Crippen LogP contribution in [0.5, 0.6) is 5.75 Å². The smallest absolute Gasteiger partial charge is 0.253 e. The summed E-state index contributed by atoms with van der Waals surface area (Å²) in [7, 11) is 1.58. The van der Waals surface area contributed by atoms with Crippen LogP contribution in [0.3, 0.4) is 0 Å². The highest BCUT2D eigenvalue weighted by molar-refractivity contribution is 9.10. The number of hydrogen-bond donors (Lipinski definition) is 0. The summed E-state index contributed by atoms with van der Waals surface area (Å²) in [5, 5.41) is 0. The van der Waals surface area contributed by atoms with Crippen LogP contribution in [-0.2, 0) is 9.59 Å². The van der Waals surface area contributed by atoms with Crippen molar-refractivity contribution < 1.29 is 19.1 Å². The number of anilines is 1. The van der Waals surface area contributed by atoms with E-state index in [0.29, 0.717) is 50.5 Å². The lowest BCUT2D eigenvalue weighted by Gasteiger charge is -2.35. The number of hydrogen-bond acceptors (Lipinski definition) is 4. The molecule has 4 rings (SSSR count). The first-order valence-corrected chi connectivity index (χ1v) is 11.1. The van der Waals surface area contributed by atoms with Crippen molar-refractivity contribution in [1.82, 2.24) is 9.80 Å². The van der Waals surface area contributed by atoms with Crippen LogP contribution in [0.1, 0.15) is 16.8 Å². The molecule has 0 spiro atoms. The second-order valence-electron chi connectivity index (χ2n) is 7.66. The molecule has 31 heavy (non-hydrogen) atoms. The van der Waals surface area contributed by atoms with E-state index in [9.17, 15) is 14.4 Å². The van der Waals surface area contributed by atoms with Crippen LogP contribution in [0, 0.1) is 5.92 Å². The SMILES string of the molecule is COc1ccc(C(=O)N2CCN(C(=O)C3CCN(c4cccc(Br)c4)C3=O)CC2)cc1. The number of ether oxygens (including phenoxy) is 1. The second kappa shape index (κ2) is 9.09. The summed E-state index contributed by atoms with van der Waals surface area (Å²) < 4.78 is 6.03. The van der Waals surface area contributed by atoms with Gasteiger partial charge in [0.25, 0.3) is 5.91 Å². The molecule has 2 aromatic rings. The normalized spacial score (nSPS) is 19.0. The summed E-state index contributed by atoms with van der Waals surface area (Å²) in [6.45, 7) is 2.30. The maximum atomic E-state index is 13.0. The fourth-order valence-electron chi connectivity index (χ4n) is 4.08. The van der Waals surface area contributed by atoms with Gasteiger partial charge < -0.3 is 19.4 Å². The Labute approximate surface area is 189 Å². The number of carbonyl (C=O) groups excluding carboxylic acids is 3. The zero-order valence-corrected chi connectivity index (χ0v) is 18.9. The monoisotopic (exact) mass is 485 g/mol. The van der Waals surface area contributed by atoms with Crippen LogP contribution in [0.15, 0.2) is 53.0 Å². The molecule has 0 aromatic heterocycles. The van der Waals surface area contributed by atoms with Gasteiger partial charge in [-0.25, -0.2) is 0 Å². The molecular formula is C23H24BrN3O4. The lowest BCUT2D eigenvalue weighted by atomic mass is 10.1. The van der Waals surface area contributed by atoms with Crippen molar-refractivity contribution in [2.45, 2.75) is 6.42 Å². The number of halogens is 1. The average molecular weight is 486 g/mol. The standard InChI is InChI=1S/C23H24BrN3O4/c1-31-19-7-5-16(6-8-19)21(28)25-11-13-26(14-12-25)22(29)20-9-10-27(23(20)30)18-4-2-3-17(24)15-18/h2-8,15,20H,9-14H2,1H3. The molecule has 2 saturated heterocycles. The molecule has 2 aromatic carbocycles. The summed E-state index contributed by atoms with van der Waals surface area (Å²) >= 11 is 3.43. The van der Waals surface area contributed by atoms with E-state index in [1.807, 2.05) is 24.3 Å². The fraction of sp³-hybridized carbons (Fsp3) is 0.348. The topological polar surface area (TPSA) is 70.2 Å². The molecule has 0 aliphatic carbocycles. The molecule has 0 bridgehead atoms. The minimum Gasteiger partial charge on any atom is -0.497 e. The third-order valence-electron chi connectivity index (χ3n) is 5.84. The Bertz CT molecular complexity index is 987. The van der Waals surface area contributed by atoms with Crippen molar-refractivity contribution in [2.75, 3.05) is 44.7 Å². The Balaban J connectivity index is 1.35. The van der Waals surface area contributed by atoms with Crippen molar-refractivity contribution in [2.24, 2.45) is 5.92 Å². The molecule has 1 unspecified atom stereocenters. The highest BCUT2D eigenvalue weighted by atomic mass is 79.9. The summed E-state index contributed by atoms with van der Waals surface area (Å²) in [6.07, 6.45) is 0.509. The number of rotatable bonds is 4. The van der Waals surface area contributed by atoms with Gasteiger partial charge in [0.05, 0.1) is 7.11 Å². The van der Waals surface area contributed by atoms with Gasteiger partial charge in [-0.1, -0.05) is 22.0 Å². The maximum Gasteiger partial charge on any atom is 0.253 e. The van der Waals surface area contributed by atoms with Crippen molar-refractivity contribution >= 4 is 39.3 Å². The number of piperazine rings is 1. The fourth-order valence-corrected chi connectivity index (χ4v) is 4.46. The molecule has 7 nitrogen and oxygen atoms in total. The third kappa shape index (κ3) is 4.44. The highest BCUT2D eigenvalue weighted by Crippen LogP contribution is 2.28. The predicted octanol–water partition coefficient (Wildman–Crippen LogP) is 2.80. The lowest BCUT2D eigenvalue weighted by Crippen LogP contribution is -2.52. The minimum atomic E-state index is -0.650. The molecule has 2 heterocycles. The largest absolute Gasteiger partial charge is 0.497 e. The van der Waals surface area contributed by atoms with Gasteiger partial charge >= 0.3 is 0 Å². The van der Waals surface area contributed by atoms with Gasteiger partial charge in [0.2, 0.25) is 11.8 Å². The molecule has 3 amide bonds. The van der Waals surface area contributed by atoms with Gasteiger partial charge in [-0.3, -0.25) is 14.4 Å². The Hall–Kier alpha value is -2.87. The van der Waals surface area contributed by atoms with Crippen LogP contribution < -0.4 is 9.64 Å². The van der Waals surface area contributed by atoms with Gasteiger partial charge in [0.15, 0.2) is 0 Å². The Morgan fingerprint density at radius 2 is 1.65 bits per heavy atom. The van der Waals surface area contributed by atoms with Crippen LogP contribution in [0.4, 0.5) is 5.69 Å². The average Bonchev–Trinajstić information content (AvgIpc) is 3.19. The molecule has 0 N–H and O–H groups in total. The molecule has 0 saturated carbocycles. The molecule has 2 fully saturated rings. The van der Waals surface area contributed by atoms with Gasteiger partial charge in [0.1, 0.15) is 11.7 Å². The number of amides is 3. The molecular weight excluding hydrogens is 462 g/mol. The zero-order valence-electron chi connectivity index (χ0n) is 17.3. The molecule has 0 radical (unpaired) electrons. The van der Waals surface area contributed by atoms with Gasteiger partial charge in [-0.05, 0) is 48.9 Å². The predicted molar refractivity (Wildman–Crippen MR) is 120 cm³/mol. The minimum absolute atomic E-state index is 0.0625. The van der Waals surface area contributed by atoms with Crippen molar-refractivity contribution in [1.29, 1.82) is 0 Å². The van der Waals surface area contributed by atoms with E-state index in [1.54, 1.807) is 46.1 Å². The second-order valence-corrected chi connectivity index (χ2v) is 8.57. The van der Waals surface area contributed by atoms with E-state index in [1.165, 1.54) is 0 Å². The van der Waals surface area contributed by atoms with E-state index in [2.05, 4.69) is 15.9 Å². The molecule has 2 aliphatic heterocycles. The van der Waals surface area contributed by atoms with Crippen LogP contribution in [0.25, 0.3) is 0 Å². The molecule has 162 valence electrons. The van der Waals surface area contributed by atoms with Crippen molar-refractivity contribution in [3.05, 3.63) is 58.6 Å². The molecule has 8 heteroatoms. The van der Waals surface area contributed by atoms with Crippen LogP contribution >= 0.6 is 15.9 Å². The highest BCUT2D eigenvalue weighted by Gasteiger charge is 2.40. The third-order valence-corrected chi connectivity index (χ3v) is 6.33. The summed E-state index contributed by atoms with van der Waals surface area (Å²) in [5.74, 6) is -0.306. The van der Waals surface area contributed by atoms with Gasteiger partial charge in [-0.15, -0.1) is 0 Å². The lowest BCUT2D eigenvalue weighted by molar-refractivity contribution is -0.141. The number of nitrogens with zero attached hydrogens (tertiary/aromatic N) is 3. The van der Waals surface area contributed by atoms with Crippen LogP contribution in [0.2, 0.25) is 0 Å². The van der Waals surface area contributed by atoms with Gasteiger partial charge in [-0.2, -0.15) is 0 Å². The number of carbonyl (C=O) groups is 3. The summed E-state index contributed by atoms with van der Waals surface area (Å²) in [5.41, 5.74) is 1.39. The summed E-state index contributed by atoms with van der Waals surface area (Å²) in [4.78, 5) is 43.8. The Kier molecular flexibility index (Phi) is 6.27. The quantitative estimate of drug-likeness (QED) is 0.624. The number of benzene rings is 2. The van der Waals surface area contributed by atoms with Crippen LogP contribution in [-0.4, -0.2) is 67.4 Å². The van der Waals surface area contributed by atoms with Gasteiger partial charge in [0, 0.05) is 48.4 Å². The van der Waals surface area contributed by atoms with Crippen molar-refractivity contribution in [3.63, 3.8) is 0 Å². The molecule has 1 atom stereocenters. The zero-order chi connectivity index (χ0) is 22.0. The first-order chi connectivity index (χ1) is 15.0. The molecule has 2 aliphatic rings. The van der Waals surface area contributed by atoms with E-state index in [-0.39, 0.29) is 17.7 Å².